The minimum atomic E-state index is -0.381. The van der Waals surface area contributed by atoms with E-state index in [9.17, 15) is 8.78 Å². The van der Waals surface area contributed by atoms with Crippen LogP contribution in [0.1, 0.15) is 37.8 Å². The van der Waals surface area contributed by atoms with Crippen molar-refractivity contribution >= 4 is 0 Å². The number of hydrogen-bond donors (Lipinski definition) is 1. The van der Waals surface area contributed by atoms with Gasteiger partial charge in [-0.25, -0.2) is 8.78 Å². The molecule has 0 saturated heterocycles. The Kier molecular flexibility index (Phi) is 3.00. The maximum absolute atomic E-state index is 13.4. The van der Waals surface area contributed by atoms with Crippen LogP contribution in [0.15, 0.2) is 18.2 Å². The van der Waals surface area contributed by atoms with Gasteiger partial charge in [0, 0.05) is 17.6 Å². The Bertz CT molecular complexity index is 347. The van der Waals surface area contributed by atoms with Gasteiger partial charge in [-0.05, 0) is 38.0 Å². The summed E-state index contributed by atoms with van der Waals surface area (Å²) in [6, 6.07) is 3.96. The fourth-order valence-electron chi connectivity index (χ4n) is 1.86. The highest BCUT2D eigenvalue weighted by Gasteiger charge is 2.21. The van der Waals surface area contributed by atoms with Crippen LogP contribution in [0.5, 0.6) is 0 Å². The summed E-state index contributed by atoms with van der Waals surface area (Å²) in [6.07, 6.45) is 3.51. The number of rotatable bonds is 3. The molecule has 3 heteroatoms. The van der Waals surface area contributed by atoms with E-state index in [1.54, 1.807) is 0 Å². The second-order valence-corrected chi connectivity index (χ2v) is 4.18. The van der Waals surface area contributed by atoms with E-state index in [4.69, 9.17) is 0 Å². The Balaban J connectivity index is 2.09. The number of benzene rings is 1. The van der Waals surface area contributed by atoms with Gasteiger partial charge >= 0.3 is 0 Å². The Hall–Kier alpha value is -0.960. The standard InChI is InChI=1S/C12H15F2N/c1-8(15-10-3-2-4-10)11-7-9(13)5-6-12(11)14/h5-8,10,15H,2-4H2,1H3. The van der Waals surface area contributed by atoms with Crippen LogP contribution in [0.25, 0.3) is 0 Å². The molecule has 1 N–H and O–H groups in total. The fourth-order valence-corrected chi connectivity index (χ4v) is 1.86. The number of nitrogens with one attached hydrogen (secondary N) is 1. The monoisotopic (exact) mass is 211 g/mol. The molecule has 1 aromatic rings. The molecule has 0 radical (unpaired) electrons. The maximum atomic E-state index is 13.4. The van der Waals surface area contributed by atoms with Crippen molar-refractivity contribution in [1.82, 2.24) is 5.32 Å². The Morgan fingerprint density at radius 2 is 2.07 bits per heavy atom. The third-order valence-corrected chi connectivity index (χ3v) is 3.02. The quantitative estimate of drug-likeness (QED) is 0.809. The predicted octanol–water partition coefficient (Wildman–Crippen LogP) is 3.17. The van der Waals surface area contributed by atoms with Gasteiger partial charge in [0.15, 0.2) is 0 Å². The second-order valence-electron chi connectivity index (χ2n) is 4.18. The van der Waals surface area contributed by atoms with Crippen molar-refractivity contribution in [2.24, 2.45) is 0 Å². The first kappa shape index (κ1) is 10.6. The normalized spacial score (nSPS) is 18.6. The summed E-state index contributed by atoms with van der Waals surface area (Å²) in [5.41, 5.74) is 0.418. The van der Waals surface area contributed by atoms with Crippen LogP contribution in [0, 0.1) is 11.6 Å². The van der Waals surface area contributed by atoms with Gasteiger partial charge in [0.1, 0.15) is 11.6 Å². The van der Waals surface area contributed by atoms with Gasteiger partial charge in [-0.2, -0.15) is 0 Å². The third kappa shape index (κ3) is 2.34. The van der Waals surface area contributed by atoms with Crippen molar-refractivity contribution in [3.8, 4) is 0 Å². The molecule has 1 nitrogen and oxygen atoms in total. The molecule has 0 bridgehead atoms. The first-order valence-corrected chi connectivity index (χ1v) is 5.38. The van der Waals surface area contributed by atoms with Crippen molar-refractivity contribution in [1.29, 1.82) is 0 Å². The molecule has 0 heterocycles. The van der Waals surface area contributed by atoms with E-state index in [1.165, 1.54) is 18.6 Å². The lowest BCUT2D eigenvalue weighted by molar-refractivity contribution is 0.310. The fraction of sp³-hybridized carbons (Fsp3) is 0.500. The van der Waals surface area contributed by atoms with Gasteiger partial charge in [-0.3, -0.25) is 0 Å². The molecule has 1 aliphatic rings. The van der Waals surface area contributed by atoms with Crippen molar-refractivity contribution in [2.75, 3.05) is 0 Å². The first-order valence-electron chi connectivity index (χ1n) is 5.38. The molecule has 0 aromatic heterocycles. The van der Waals surface area contributed by atoms with Crippen molar-refractivity contribution in [3.63, 3.8) is 0 Å². The summed E-state index contributed by atoms with van der Waals surface area (Å²) in [7, 11) is 0. The molecule has 1 atom stereocenters. The summed E-state index contributed by atoms with van der Waals surface area (Å²) in [5, 5.41) is 3.29. The average molecular weight is 211 g/mol. The minimum absolute atomic E-state index is 0.119. The van der Waals surface area contributed by atoms with Crippen molar-refractivity contribution < 1.29 is 8.78 Å². The van der Waals surface area contributed by atoms with Crippen LogP contribution >= 0.6 is 0 Å². The summed E-state index contributed by atoms with van der Waals surface area (Å²) in [5.74, 6) is -0.718. The molecule has 1 saturated carbocycles. The molecule has 1 aliphatic carbocycles. The lowest BCUT2D eigenvalue weighted by Gasteiger charge is -2.30. The molecule has 1 aromatic carbocycles. The van der Waals surface area contributed by atoms with Crippen molar-refractivity contribution in [3.05, 3.63) is 35.4 Å². The summed E-state index contributed by atoms with van der Waals surface area (Å²) in [6.45, 7) is 1.87. The van der Waals surface area contributed by atoms with Gasteiger partial charge in [0.2, 0.25) is 0 Å². The molecule has 15 heavy (non-hydrogen) atoms. The van der Waals surface area contributed by atoms with Crippen LogP contribution in [-0.2, 0) is 0 Å². The topological polar surface area (TPSA) is 12.0 Å². The van der Waals surface area contributed by atoms with E-state index in [2.05, 4.69) is 5.32 Å². The van der Waals surface area contributed by atoms with Gasteiger partial charge in [0.25, 0.3) is 0 Å². The molecule has 1 unspecified atom stereocenters. The first-order chi connectivity index (χ1) is 7.16. The highest BCUT2D eigenvalue weighted by molar-refractivity contribution is 5.22. The second kappa shape index (κ2) is 4.27. The van der Waals surface area contributed by atoms with E-state index in [0.29, 0.717) is 11.6 Å². The molecule has 0 spiro atoms. The zero-order chi connectivity index (χ0) is 10.8. The van der Waals surface area contributed by atoms with Crippen LogP contribution in [0.3, 0.4) is 0 Å². The summed E-state index contributed by atoms with van der Waals surface area (Å²) in [4.78, 5) is 0. The maximum Gasteiger partial charge on any atom is 0.128 e. The van der Waals surface area contributed by atoms with Crippen LogP contribution in [0.2, 0.25) is 0 Å². The Morgan fingerprint density at radius 1 is 1.33 bits per heavy atom. The van der Waals surface area contributed by atoms with E-state index in [1.807, 2.05) is 6.92 Å². The highest BCUT2D eigenvalue weighted by Crippen LogP contribution is 2.24. The number of hydrogen-bond acceptors (Lipinski definition) is 1. The zero-order valence-corrected chi connectivity index (χ0v) is 8.76. The lowest BCUT2D eigenvalue weighted by Crippen LogP contribution is -2.37. The molecule has 1 fully saturated rings. The molecular formula is C12H15F2N. The molecular weight excluding hydrogens is 196 g/mol. The summed E-state index contributed by atoms with van der Waals surface area (Å²) < 4.78 is 26.3. The van der Waals surface area contributed by atoms with E-state index in [-0.39, 0.29) is 17.7 Å². The van der Waals surface area contributed by atoms with Crippen LogP contribution < -0.4 is 5.32 Å². The molecule has 82 valence electrons. The summed E-state index contributed by atoms with van der Waals surface area (Å²) >= 11 is 0. The smallest absolute Gasteiger partial charge is 0.128 e. The van der Waals surface area contributed by atoms with Crippen LogP contribution in [0.4, 0.5) is 8.78 Å². The predicted molar refractivity (Wildman–Crippen MR) is 55.5 cm³/mol. The van der Waals surface area contributed by atoms with Gasteiger partial charge < -0.3 is 5.32 Å². The van der Waals surface area contributed by atoms with Crippen molar-refractivity contribution in [2.45, 2.75) is 38.3 Å². The molecule has 0 amide bonds. The Morgan fingerprint density at radius 3 is 2.67 bits per heavy atom. The Labute approximate surface area is 88.5 Å². The van der Waals surface area contributed by atoms with Crippen LogP contribution in [-0.4, -0.2) is 6.04 Å². The van der Waals surface area contributed by atoms with E-state index in [0.717, 1.165) is 18.9 Å². The van der Waals surface area contributed by atoms with Gasteiger partial charge in [-0.1, -0.05) is 6.42 Å². The number of halogens is 2. The highest BCUT2D eigenvalue weighted by atomic mass is 19.1. The minimum Gasteiger partial charge on any atom is -0.307 e. The van der Waals surface area contributed by atoms with E-state index < -0.39 is 0 Å². The lowest BCUT2D eigenvalue weighted by atomic mass is 9.91. The molecule has 0 aliphatic heterocycles. The zero-order valence-electron chi connectivity index (χ0n) is 8.76. The van der Waals surface area contributed by atoms with Gasteiger partial charge in [0.05, 0.1) is 0 Å². The van der Waals surface area contributed by atoms with Gasteiger partial charge in [-0.15, -0.1) is 0 Å². The third-order valence-electron chi connectivity index (χ3n) is 3.02. The SMILES string of the molecule is CC(NC1CCC1)c1cc(F)ccc1F. The largest absolute Gasteiger partial charge is 0.307 e. The van der Waals surface area contributed by atoms with E-state index >= 15 is 0 Å². The average Bonchev–Trinajstić information content (AvgIpc) is 2.15. The molecule has 2 rings (SSSR count).